The van der Waals surface area contributed by atoms with Crippen LogP contribution < -0.4 is 0 Å². The third-order valence-corrected chi connectivity index (χ3v) is 6.64. The number of rotatable bonds is 12. The maximum Gasteiger partial charge on any atom is 0.225 e. The third-order valence-electron chi connectivity index (χ3n) is 6.64. The largest absolute Gasteiger partial charge is 0.379 e. The van der Waals surface area contributed by atoms with Crippen LogP contribution in [0.2, 0.25) is 0 Å². The predicted molar refractivity (Wildman–Crippen MR) is 121 cm³/mol. The van der Waals surface area contributed by atoms with Crippen LogP contribution in [-0.2, 0) is 19.1 Å². The van der Waals surface area contributed by atoms with Crippen molar-refractivity contribution < 1.29 is 19.1 Å². The standard InChI is InChI=1S/C24H46N2O4/c1-10-18(6)23(25(7)21(27)14-16(2)3)20(29-8)15-22(28)26-13-11-12-19(26)24(30-9)17(4)5/h16-20,23-24H,10-15H2,1-9H3/t18?,19?,20?,23-,24?/m0/s1. The van der Waals surface area contributed by atoms with E-state index in [0.29, 0.717) is 18.3 Å². The Kier molecular flexibility index (Phi) is 11.3. The zero-order valence-corrected chi connectivity index (χ0v) is 20.8. The molecule has 1 heterocycles. The van der Waals surface area contributed by atoms with Gasteiger partial charge in [-0.1, -0.05) is 48.0 Å². The molecule has 0 spiro atoms. The van der Waals surface area contributed by atoms with Crippen LogP contribution in [0.4, 0.5) is 0 Å². The van der Waals surface area contributed by atoms with Crippen molar-refractivity contribution in [2.45, 2.75) is 97.9 Å². The highest BCUT2D eigenvalue weighted by atomic mass is 16.5. The highest BCUT2D eigenvalue weighted by molar-refractivity contribution is 5.78. The molecule has 0 radical (unpaired) electrons. The van der Waals surface area contributed by atoms with Gasteiger partial charge in [-0.15, -0.1) is 0 Å². The van der Waals surface area contributed by atoms with Crippen LogP contribution in [0, 0.1) is 17.8 Å². The molecule has 2 amide bonds. The molecule has 30 heavy (non-hydrogen) atoms. The van der Waals surface area contributed by atoms with Gasteiger partial charge in [-0.3, -0.25) is 9.59 Å². The Bertz CT molecular complexity index is 537. The van der Waals surface area contributed by atoms with Gasteiger partial charge in [0, 0.05) is 34.2 Å². The number of ether oxygens (including phenoxy) is 2. The van der Waals surface area contributed by atoms with Crippen LogP contribution in [0.25, 0.3) is 0 Å². The lowest BCUT2D eigenvalue weighted by molar-refractivity contribution is -0.144. The lowest BCUT2D eigenvalue weighted by atomic mass is 9.90. The van der Waals surface area contributed by atoms with Crippen molar-refractivity contribution in [2.75, 3.05) is 27.8 Å². The molecule has 5 atom stereocenters. The van der Waals surface area contributed by atoms with Gasteiger partial charge in [0.15, 0.2) is 0 Å². The summed E-state index contributed by atoms with van der Waals surface area (Å²) in [4.78, 5) is 29.9. The van der Waals surface area contributed by atoms with E-state index in [1.54, 1.807) is 14.2 Å². The van der Waals surface area contributed by atoms with Crippen molar-refractivity contribution in [3.05, 3.63) is 0 Å². The monoisotopic (exact) mass is 426 g/mol. The molecule has 6 heteroatoms. The molecule has 0 saturated carbocycles. The summed E-state index contributed by atoms with van der Waals surface area (Å²) in [5, 5.41) is 0. The van der Waals surface area contributed by atoms with E-state index in [1.165, 1.54) is 0 Å². The molecule has 0 aliphatic carbocycles. The van der Waals surface area contributed by atoms with Crippen LogP contribution in [0.15, 0.2) is 0 Å². The van der Waals surface area contributed by atoms with Crippen LogP contribution >= 0.6 is 0 Å². The molecule has 6 nitrogen and oxygen atoms in total. The topological polar surface area (TPSA) is 59.1 Å². The Morgan fingerprint density at radius 1 is 1.07 bits per heavy atom. The molecule has 1 aliphatic rings. The summed E-state index contributed by atoms with van der Waals surface area (Å²) in [6, 6.07) is -0.0121. The second kappa shape index (κ2) is 12.7. The van der Waals surface area contributed by atoms with E-state index in [2.05, 4.69) is 41.5 Å². The first-order chi connectivity index (χ1) is 14.1. The first-order valence-corrected chi connectivity index (χ1v) is 11.7. The van der Waals surface area contributed by atoms with Gasteiger partial charge in [0.1, 0.15) is 0 Å². The van der Waals surface area contributed by atoms with Gasteiger partial charge in [-0.05, 0) is 30.6 Å². The molecule has 0 aromatic heterocycles. The van der Waals surface area contributed by atoms with E-state index >= 15 is 0 Å². The summed E-state index contributed by atoms with van der Waals surface area (Å²) in [7, 11) is 5.25. The van der Waals surface area contributed by atoms with Crippen LogP contribution in [0.5, 0.6) is 0 Å². The molecule has 4 unspecified atom stereocenters. The summed E-state index contributed by atoms with van der Waals surface area (Å²) in [5.74, 6) is 1.10. The fraction of sp³-hybridized carbons (Fsp3) is 0.917. The van der Waals surface area contributed by atoms with Gasteiger partial charge in [0.25, 0.3) is 0 Å². The summed E-state index contributed by atoms with van der Waals surface area (Å²) in [6.07, 6.45) is 3.41. The van der Waals surface area contributed by atoms with Gasteiger partial charge < -0.3 is 19.3 Å². The minimum atomic E-state index is -0.324. The van der Waals surface area contributed by atoms with E-state index < -0.39 is 0 Å². The number of amides is 2. The zero-order chi connectivity index (χ0) is 23.0. The van der Waals surface area contributed by atoms with E-state index in [9.17, 15) is 9.59 Å². The Balaban J connectivity index is 3.01. The summed E-state index contributed by atoms with van der Waals surface area (Å²) < 4.78 is 11.6. The highest BCUT2D eigenvalue weighted by Gasteiger charge is 2.39. The van der Waals surface area contributed by atoms with Crippen molar-refractivity contribution in [3.8, 4) is 0 Å². The van der Waals surface area contributed by atoms with Crippen LogP contribution in [-0.4, -0.2) is 73.7 Å². The Labute approximate surface area is 184 Å². The molecule has 0 bridgehead atoms. The molecule has 1 saturated heterocycles. The number of likely N-dealkylation sites (N-methyl/N-ethyl adjacent to an activating group) is 1. The molecule has 1 fully saturated rings. The SMILES string of the molecule is CCC(C)[C@@H](C(CC(=O)N1CCCC1C(OC)C(C)C)OC)N(C)C(=O)CC(C)C. The second-order valence-electron chi connectivity index (χ2n) is 9.70. The van der Waals surface area contributed by atoms with Gasteiger partial charge in [0.2, 0.25) is 11.8 Å². The molecule has 1 aliphatic heterocycles. The first-order valence-electron chi connectivity index (χ1n) is 11.7. The van der Waals surface area contributed by atoms with Gasteiger partial charge in [-0.2, -0.15) is 0 Å². The summed E-state index contributed by atoms with van der Waals surface area (Å²) in [6.45, 7) is 13.4. The van der Waals surface area contributed by atoms with E-state index in [4.69, 9.17) is 9.47 Å². The molecular weight excluding hydrogens is 380 g/mol. The van der Waals surface area contributed by atoms with Crippen molar-refractivity contribution in [3.63, 3.8) is 0 Å². The fourth-order valence-electron chi connectivity index (χ4n) is 4.85. The number of carbonyl (C=O) groups is 2. The molecule has 0 aromatic rings. The van der Waals surface area contributed by atoms with Crippen molar-refractivity contribution in [1.29, 1.82) is 0 Å². The smallest absolute Gasteiger partial charge is 0.225 e. The van der Waals surface area contributed by atoms with Crippen molar-refractivity contribution >= 4 is 11.8 Å². The van der Waals surface area contributed by atoms with Gasteiger partial charge in [-0.25, -0.2) is 0 Å². The van der Waals surface area contributed by atoms with Crippen LogP contribution in [0.3, 0.4) is 0 Å². The number of hydrogen-bond donors (Lipinski definition) is 0. The molecular formula is C24H46N2O4. The number of likely N-dealkylation sites (tertiary alicyclic amines) is 1. The summed E-state index contributed by atoms with van der Waals surface area (Å²) >= 11 is 0. The highest BCUT2D eigenvalue weighted by Crippen LogP contribution is 2.29. The van der Waals surface area contributed by atoms with Crippen molar-refractivity contribution in [2.24, 2.45) is 17.8 Å². The van der Waals surface area contributed by atoms with Crippen LogP contribution in [0.1, 0.15) is 73.6 Å². The molecule has 176 valence electrons. The fourth-order valence-corrected chi connectivity index (χ4v) is 4.85. The Morgan fingerprint density at radius 2 is 1.70 bits per heavy atom. The Hall–Kier alpha value is -1.14. The maximum absolute atomic E-state index is 13.3. The minimum absolute atomic E-state index is 0.0399. The second-order valence-corrected chi connectivity index (χ2v) is 9.70. The minimum Gasteiger partial charge on any atom is -0.379 e. The average Bonchev–Trinajstić information content (AvgIpc) is 3.15. The zero-order valence-electron chi connectivity index (χ0n) is 20.8. The van der Waals surface area contributed by atoms with Crippen molar-refractivity contribution in [1.82, 2.24) is 9.80 Å². The number of nitrogens with zero attached hydrogens (tertiary/aromatic N) is 2. The molecule has 0 aromatic carbocycles. The number of methoxy groups -OCH3 is 2. The van der Waals surface area contributed by atoms with Gasteiger partial charge >= 0.3 is 0 Å². The lowest BCUT2D eigenvalue weighted by Gasteiger charge is -2.39. The molecule has 0 N–H and O–H groups in total. The number of hydrogen-bond acceptors (Lipinski definition) is 4. The lowest BCUT2D eigenvalue weighted by Crippen LogP contribution is -2.52. The predicted octanol–water partition coefficient (Wildman–Crippen LogP) is 3.97. The van der Waals surface area contributed by atoms with Gasteiger partial charge in [0.05, 0.1) is 30.7 Å². The average molecular weight is 427 g/mol. The first kappa shape index (κ1) is 26.9. The normalized spacial score (nSPS) is 21.0. The quantitative estimate of drug-likeness (QED) is 0.474. The van der Waals surface area contributed by atoms with E-state index in [1.807, 2.05) is 16.8 Å². The maximum atomic E-state index is 13.3. The Morgan fingerprint density at radius 3 is 2.17 bits per heavy atom. The molecule has 1 rings (SSSR count). The third kappa shape index (κ3) is 6.94. The van der Waals surface area contributed by atoms with E-state index in [0.717, 1.165) is 25.8 Å². The van der Waals surface area contributed by atoms with E-state index in [-0.39, 0.29) is 48.4 Å². The summed E-state index contributed by atoms with van der Waals surface area (Å²) in [5.41, 5.74) is 0. The number of carbonyl (C=O) groups excluding carboxylic acids is 2.